The van der Waals surface area contributed by atoms with Crippen molar-refractivity contribution in [1.29, 1.82) is 0 Å². The molecule has 2 N–H and O–H groups in total. The van der Waals surface area contributed by atoms with Crippen molar-refractivity contribution in [2.45, 2.75) is 16.1 Å². The topological polar surface area (TPSA) is 87.8 Å². The Hall–Kier alpha value is -1.87. The SMILES string of the molecule is COC[C@]1(C(N)=S)[C@H](c2ccc3c(c2)OCO3)[C@@H]1S(=O)(=O)c1ccc(Cl)cc1. The van der Waals surface area contributed by atoms with Gasteiger partial charge in [0.05, 0.1) is 27.2 Å². The standard InChI is InChI=1S/C19H18ClNO5S2/c1-24-9-19(18(21)27)16(11-2-7-14-15(8-11)26-10-25-14)17(19)28(22,23)13-5-3-12(20)4-6-13/h2-8,16-17H,9-10H2,1H3,(H2,21,27)/t16-,17+,19+/m1/s1. The first-order chi connectivity index (χ1) is 13.3. The van der Waals surface area contributed by atoms with Crippen molar-refractivity contribution in [3.63, 3.8) is 0 Å². The van der Waals surface area contributed by atoms with Crippen LogP contribution in [-0.4, -0.2) is 39.2 Å². The smallest absolute Gasteiger partial charge is 0.231 e. The van der Waals surface area contributed by atoms with Crippen LogP contribution in [0, 0.1) is 5.41 Å². The Morgan fingerprint density at radius 1 is 1.25 bits per heavy atom. The predicted molar refractivity (Wildman–Crippen MR) is 109 cm³/mol. The first kappa shape index (κ1) is 19.4. The molecule has 6 nitrogen and oxygen atoms in total. The second kappa shape index (κ2) is 6.88. The molecule has 28 heavy (non-hydrogen) atoms. The van der Waals surface area contributed by atoms with E-state index in [9.17, 15) is 8.42 Å². The molecule has 148 valence electrons. The van der Waals surface area contributed by atoms with Gasteiger partial charge in [0.1, 0.15) is 0 Å². The van der Waals surface area contributed by atoms with Gasteiger partial charge in [0, 0.05) is 18.1 Å². The van der Waals surface area contributed by atoms with Gasteiger partial charge in [0.15, 0.2) is 21.3 Å². The number of benzene rings is 2. The third-order valence-electron chi connectivity index (χ3n) is 5.33. The number of rotatable bonds is 6. The minimum Gasteiger partial charge on any atom is -0.454 e. The summed E-state index contributed by atoms with van der Waals surface area (Å²) in [7, 11) is -2.25. The van der Waals surface area contributed by atoms with E-state index in [-0.39, 0.29) is 23.3 Å². The van der Waals surface area contributed by atoms with Crippen molar-refractivity contribution in [1.82, 2.24) is 0 Å². The van der Waals surface area contributed by atoms with E-state index in [0.29, 0.717) is 16.5 Å². The summed E-state index contributed by atoms with van der Waals surface area (Å²) in [6, 6.07) is 11.4. The van der Waals surface area contributed by atoms with Crippen LogP contribution in [0.15, 0.2) is 47.4 Å². The summed E-state index contributed by atoms with van der Waals surface area (Å²) in [4.78, 5) is 0.279. The Morgan fingerprint density at radius 2 is 1.93 bits per heavy atom. The highest BCUT2D eigenvalue weighted by Gasteiger charge is 2.73. The molecule has 2 aliphatic rings. The molecule has 1 aliphatic heterocycles. The normalized spacial score (nSPS) is 25.5. The molecule has 1 fully saturated rings. The molecule has 4 rings (SSSR count). The van der Waals surface area contributed by atoms with Crippen molar-refractivity contribution in [3.8, 4) is 11.5 Å². The summed E-state index contributed by atoms with van der Waals surface area (Å²) < 4.78 is 43.0. The lowest BCUT2D eigenvalue weighted by atomic mass is 9.99. The lowest BCUT2D eigenvalue weighted by Gasteiger charge is -2.16. The molecule has 1 saturated carbocycles. The Morgan fingerprint density at radius 3 is 2.57 bits per heavy atom. The third kappa shape index (κ3) is 2.86. The van der Waals surface area contributed by atoms with Gasteiger partial charge in [-0.15, -0.1) is 0 Å². The van der Waals surface area contributed by atoms with Gasteiger partial charge in [-0.1, -0.05) is 29.9 Å². The van der Waals surface area contributed by atoms with E-state index in [1.54, 1.807) is 24.3 Å². The molecule has 0 amide bonds. The number of nitrogens with two attached hydrogens (primary N) is 1. The summed E-state index contributed by atoms with van der Waals surface area (Å²) >= 11 is 11.2. The molecular weight excluding hydrogens is 422 g/mol. The lowest BCUT2D eigenvalue weighted by Crippen LogP contribution is -2.33. The van der Waals surface area contributed by atoms with Crippen LogP contribution in [0.1, 0.15) is 11.5 Å². The Kier molecular flexibility index (Phi) is 4.78. The van der Waals surface area contributed by atoms with Crippen molar-refractivity contribution in [2.24, 2.45) is 11.1 Å². The number of halogens is 1. The molecule has 3 atom stereocenters. The second-order valence-electron chi connectivity index (χ2n) is 6.85. The molecule has 2 aromatic carbocycles. The predicted octanol–water partition coefficient (Wildman–Crippen LogP) is 2.93. The quantitative estimate of drug-likeness (QED) is 0.692. The summed E-state index contributed by atoms with van der Waals surface area (Å²) in [6.07, 6.45) is 0. The Balaban J connectivity index is 1.81. The summed E-state index contributed by atoms with van der Waals surface area (Å²) in [5.41, 5.74) is 5.82. The second-order valence-corrected chi connectivity index (χ2v) is 9.79. The zero-order valence-corrected chi connectivity index (χ0v) is 17.3. The van der Waals surface area contributed by atoms with Gasteiger partial charge in [-0.3, -0.25) is 0 Å². The molecule has 0 bridgehead atoms. The minimum atomic E-state index is -3.75. The number of methoxy groups -OCH3 is 1. The largest absolute Gasteiger partial charge is 0.454 e. The fourth-order valence-electron chi connectivity index (χ4n) is 3.99. The number of fused-ring (bicyclic) bond motifs is 1. The van der Waals surface area contributed by atoms with Crippen LogP contribution in [0.3, 0.4) is 0 Å². The summed E-state index contributed by atoms with van der Waals surface area (Å²) in [6.45, 7) is 0.230. The Labute approximate surface area is 173 Å². The lowest BCUT2D eigenvalue weighted by molar-refractivity contribution is 0.166. The van der Waals surface area contributed by atoms with Crippen molar-refractivity contribution >= 4 is 38.6 Å². The first-order valence-corrected chi connectivity index (χ1v) is 10.8. The van der Waals surface area contributed by atoms with E-state index in [4.69, 9.17) is 43.8 Å². The average molecular weight is 440 g/mol. The van der Waals surface area contributed by atoms with Gasteiger partial charge in [-0.05, 0) is 42.0 Å². The number of ether oxygens (including phenoxy) is 3. The highest BCUT2D eigenvalue weighted by molar-refractivity contribution is 7.92. The van der Waals surface area contributed by atoms with Gasteiger partial charge in [0.25, 0.3) is 0 Å². The molecule has 0 aromatic heterocycles. The molecule has 1 heterocycles. The van der Waals surface area contributed by atoms with Gasteiger partial charge in [0.2, 0.25) is 6.79 Å². The van der Waals surface area contributed by atoms with E-state index >= 15 is 0 Å². The highest BCUT2D eigenvalue weighted by Crippen LogP contribution is 2.65. The van der Waals surface area contributed by atoms with E-state index in [1.807, 2.05) is 6.07 Å². The van der Waals surface area contributed by atoms with E-state index in [0.717, 1.165) is 5.56 Å². The van der Waals surface area contributed by atoms with Crippen molar-refractivity contribution in [2.75, 3.05) is 20.5 Å². The van der Waals surface area contributed by atoms with Crippen LogP contribution in [0.2, 0.25) is 5.02 Å². The highest BCUT2D eigenvalue weighted by atomic mass is 35.5. The van der Waals surface area contributed by atoms with E-state index in [2.05, 4.69) is 0 Å². The number of thiocarbonyl (C=S) groups is 1. The molecule has 0 unspecified atom stereocenters. The monoisotopic (exact) mass is 439 g/mol. The van der Waals surface area contributed by atoms with E-state index in [1.165, 1.54) is 19.2 Å². The molecule has 1 aliphatic carbocycles. The average Bonchev–Trinajstić information content (AvgIpc) is 3.13. The van der Waals surface area contributed by atoms with Gasteiger partial charge >= 0.3 is 0 Å². The zero-order chi connectivity index (χ0) is 20.1. The molecule has 0 radical (unpaired) electrons. The number of hydrogen-bond donors (Lipinski definition) is 1. The number of sulfone groups is 1. The fraction of sp³-hybridized carbons (Fsp3) is 0.316. The minimum absolute atomic E-state index is 0.0962. The van der Waals surface area contributed by atoms with Crippen LogP contribution in [-0.2, 0) is 14.6 Å². The van der Waals surface area contributed by atoms with Crippen LogP contribution in [0.25, 0.3) is 0 Å². The molecule has 9 heteroatoms. The van der Waals surface area contributed by atoms with Crippen molar-refractivity contribution in [3.05, 3.63) is 53.1 Å². The van der Waals surface area contributed by atoms with Crippen LogP contribution in [0.4, 0.5) is 0 Å². The maximum Gasteiger partial charge on any atom is 0.231 e. The molecule has 0 spiro atoms. The molecule has 2 aromatic rings. The van der Waals surface area contributed by atoms with E-state index < -0.39 is 26.4 Å². The first-order valence-electron chi connectivity index (χ1n) is 8.50. The van der Waals surface area contributed by atoms with Crippen LogP contribution < -0.4 is 15.2 Å². The number of hydrogen-bond acceptors (Lipinski definition) is 6. The van der Waals surface area contributed by atoms with Crippen molar-refractivity contribution < 1.29 is 22.6 Å². The fourth-order valence-corrected chi connectivity index (χ4v) is 6.88. The zero-order valence-electron chi connectivity index (χ0n) is 14.9. The summed E-state index contributed by atoms with van der Waals surface area (Å²) in [5.74, 6) is 0.732. The maximum absolute atomic E-state index is 13.4. The molecule has 0 saturated heterocycles. The summed E-state index contributed by atoms with van der Waals surface area (Å²) in [5, 5.41) is -0.390. The van der Waals surface area contributed by atoms with Gasteiger partial charge in [-0.2, -0.15) is 0 Å². The van der Waals surface area contributed by atoms with Crippen LogP contribution >= 0.6 is 23.8 Å². The van der Waals surface area contributed by atoms with Gasteiger partial charge in [-0.25, -0.2) is 8.42 Å². The molecular formula is C19H18ClNO5S2. The van der Waals surface area contributed by atoms with Crippen LogP contribution in [0.5, 0.6) is 11.5 Å². The maximum atomic E-state index is 13.4. The Bertz CT molecular complexity index is 1040. The van der Waals surface area contributed by atoms with Gasteiger partial charge < -0.3 is 19.9 Å². The third-order valence-corrected chi connectivity index (χ3v) is 8.25.